The summed E-state index contributed by atoms with van der Waals surface area (Å²) >= 11 is 0. The first kappa shape index (κ1) is 11.6. The van der Waals surface area contributed by atoms with Gasteiger partial charge >= 0.3 is 0 Å². The molecule has 0 radical (unpaired) electrons. The van der Waals surface area contributed by atoms with Crippen LogP contribution >= 0.6 is 0 Å². The molecule has 2 nitrogen and oxygen atoms in total. The van der Waals surface area contributed by atoms with Gasteiger partial charge in [0.15, 0.2) is 0 Å². The van der Waals surface area contributed by atoms with E-state index in [0.717, 1.165) is 10.8 Å². The summed E-state index contributed by atoms with van der Waals surface area (Å²) in [7, 11) is 0. The average molecular weight is 280 g/mol. The van der Waals surface area contributed by atoms with Gasteiger partial charge in [-0.1, -0.05) is 60.7 Å². The Kier molecular flexibility index (Phi) is 2.25. The lowest BCUT2D eigenvalue weighted by Gasteiger charge is -2.10. The first-order valence-corrected chi connectivity index (χ1v) is 7.35. The van der Waals surface area contributed by atoms with E-state index >= 15 is 0 Å². The van der Waals surface area contributed by atoms with Crippen LogP contribution in [-0.4, -0.2) is 10.2 Å². The van der Waals surface area contributed by atoms with Gasteiger partial charge in [0.2, 0.25) is 0 Å². The zero-order valence-corrected chi connectivity index (χ0v) is 11.8. The first-order valence-electron chi connectivity index (χ1n) is 7.35. The summed E-state index contributed by atoms with van der Waals surface area (Å²) in [5, 5.41) is 18.0. The predicted molar refractivity (Wildman–Crippen MR) is 92.1 cm³/mol. The number of hydrogen-bond donors (Lipinski definition) is 0. The number of fused-ring (bicyclic) bond motifs is 7. The van der Waals surface area contributed by atoms with E-state index in [0.29, 0.717) is 0 Å². The second-order valence-corrected chi connectivity index (χ2v) is 5.61. The van der Waals surface area contributed by atoms with Gasteiger partial charge in [0.25, 0.3) is 0 Å². The van der Waals surface area contributed by atoms with Crippen LogP contribution in [0, 0.1) is 0 Å². The molecule has 0 fully saturated rings. The third kappa shape index (κ3) is 1.49. The van der Waals surface area contributed by atoms with E-state index in [9.17, 15) is 0 Å². The first-order chi connectivity index (χ1) is 10.9. The Hall–Kier alpha value is -3.00. The van der Waals surface area contributed by atoms with Gasteiger partial charge in [0.1, 0.15) is 0 Å². The van der Waals surface area contributed by atoms with Gasteiger partial charge in [-0.3, -0.25) is 0 Å². The Labute approximate surface area is 127 Å². The van der Waals surface area contributed by atoms with Crippen LogP contribution in [0.1, 0.15) is 0 Å². The lowest BCUT2D eigenvalue weighted by Crippen LogP contribution is -1.85. The van der Waals surface area contributed by atoms with Crippen molar-refractivity contribution in [1.29, 1.82) is 0 Å². The lowest BCUT2D eigenvalue weighted by molar-refractivity contribution is 1.05. The zero-order chi connectivity index (χ0) is 14.5. The second kappa shape index (κ2) is 4.25. The molecule has 0 N–H and O–H groups in total. The standard InChI is InChI=1S/C20H12N2/c1-2-4-17-13(3-1)5-6-14-7-8-15-9-10-16-11-21-22-12-18(16)20(15)19(14)17/h1-12H. The van der Waals surface area contributed by atoms with Crippen LogP contribution in [0.25, 0.3) is 43.1 Å². The summed E-state index contributed by atoms with van der Waals surface area (Å²) in [6.45, 7) is 0. The molecule has 5 aromatic rings. The number of rotatable bonds is 0. The van der Waals surface area contributed by atoms with Crippen LogP contribution in [0.15, 0.2) is 73.1 Å². The Morgan fingerprint density at radius 2 is 1.05 bits per heavy atom. The number of benzene rings is 4. The molecule has 4 aromatic carbocycles. The van der Waals surface area contributed by atoms with Crippen molar-refractivity contribution >= 4 is 43.1 Å². The number of hydrogen-bond acceptors (Lipinski definition) is 2. The maximum atomic E-state index is 4.10. The van der Waals surface area contributed by atoms with Gasteiger partial charge in [-0.25, -0.2) is 0 Å². The highest BCUT2D eigenvalue weighted by molar-refractivity contribution is 6.27. The molecule has 2 heteroatoms. The SMILES string of the molecule is c1ccc2c(c1)ccc1ccc3ccc4cnncc4c3c12. The van der Waals surface area contributed by atoms with Crippen LogP contribution in [0.5, 0.6) is 0 Å². The van der Waals surface area contributed by atoms with Gasteiger partial charge < -0.3 is 0 Å². The van der Waals surface area contributed by atoms with E-state index in [2.05, 4.69) is 70.9 Å². The molecule has 1 aromatic heterocycles. The average Bonchev–Trinajstić information content (AvgIpc) is 2.60. The minimum atomic E-state index is 1.13. The van der Waals surface area contributed by atoms with Gasteiger partial charge in [-0.15, -0.1) is 0 Å². The number of nitrogens with zero attached hydrogens (tertiary/aromatic N) is 2. The normalized spacial score (nSPS) is 11.6. The van der Waals surface area contributed by atoms with E-state index in [4.69, 9.17) is 0 Å². The fraction of sp³-hybridized carbons (Fsp3) is 0. The van der Waals surface area contributed by atoms with Crippen molar-refractivity contribution in [2.24, 2.45) is 0 Å². The Bertz CT molecular complexity index is 1070. The van der Waals surface area contributed by atoms with Crippen LogP contribution in [0.2, 0.25) is 0 Å². The molecule has 0 amide bonds. The molecule has 0 saturated carbocycles. The maximum absolute atomic E-state index is 4.10. The summed E-state index contributed by atoms with van der Waals surface area (Å²) in [6.07, 6.45) is 3.71. The highest BCUT2D eigenvalue weighted by Crippen LogP contribution is 2.35. The van der Waals surface area contributed by atoms with Gasteiger partial charge in [0.05, 0.1) is 12.4 Å². The van der Waals surface area contributed by atoms with E-state index in [1.54, 1.807) is 0 Å². The monoisotopic (exact) mass is 280 g/mol. The van der Waals surface area contributed by atoms with Crippen molar-refractivity contribution in [3.05, 3.63) is 73.1 Å². The van der Waals surface area contributed by atoms with Crippen molar-refractivity contribution in [3.63, 3.8) is 0 Å². The topological polar surface area (TPSA) is 25.8 Å². The summed E-state index contributed by atoms with van der Waals surface area (Å²) < 4.78 is 0. The lowest BCUT2D eigenvalue weighted by atomic mass is 9.94. The molecule has 102 valence electrons. The maximum Gasteiger partial charge on any atom is 0.0581 e. The Morgan fingerprint density at radius 3 is 1.86 bits per heavy atom. The third-order valence-electron chi connectivity index (χ3n) is 4.42. The molecule has 0 spiro atoms. The molecule has 0 unspecified atom stereocenters. The molecule has 5 rings (SSSR count). The minimum absolute atomic E-state index is 1.13. The van der Waals surface area contributed by atoms with Crippen LogP contribution in [0.3, 0.4) is 0 Å². The third-order valence-corrected chi connectivity index (χ3v) is 4.42. The molecule has 0 atom stereocenters. The molecule has 0 bridgehead atoms. The summed E-state index contributed by atoms with van der Waals surface area (Å²) in [6, 6.07) is 21.6. The molecule has 0 aliphatic carbocycles. The van der Waals surface area contributed by atoms with E-state index < -0.39 is 0 Å². The molecule has 0 aliphatic heterocycles. The van der Waals surface area contributed by atoms with E-state index in [-0.39, 0.29) is 0 Å². The Balaban J connectivity index is 2.19. The quantitative estimate of drug-likeness (QED) is 0.369. The van der Waals surface area contributed by atoms with Gasteiger partial charge in [0, 0.05) is 10.8 Å². The summed E-state index contributed by atoms with van der Waals surface area (Å²) in [5.74, 6) is 0. The molecular formula is C20H12N2. The van der Waals surface area contributed by atoms with E-state index in [1.165, 1.54) is 32.3 Å². The number of aromatic nitrogens is 2. The molecule has 1 heterocycles. The Morgan fingerprint density at radius 1 is 0.455 bits per heavy atom. The zero-order valence-electron chi connectivity index (χ0n) is 11.8. The highest BCUT2D eigenvalue weighted by atomic mass is 15.1. The molecule has 0 saturated heterocycles. The van der Waals surface area contributed by atoms with Crippen LogP contribution in [-0.2, 0) is 0 Å². The van der Waals surface area contributed by atoms with Crippen LogP contribution < -0.4 is 0 Å². The molecule has 22 heavy (non-hydrogen) atoms. The van der Waals surface area contributed by atoms with Crippen molar-refractivity contribution in [2.45, 2.75) is 0 Å². The predicted octanol–water partition coefficient (Wildman–Crippen LogP) is 5.09. The fourth-order valence-corrected chi connectivity index (χ4v) is 3.39. The van der Waals surface area contributed by atoms with Crippen molar-refractivity contribution in [1.82, 2.24) is 10.2 Å². The fourth-order valence-electron chi connectivity index (χ4n) is 3.39. The summed E-state index contributed by atoms with van der Waals surface area (Å²) in [4.78, 5) is 0. The molecule has 0 aliphatic rings. The highest BCUT2D eigenvalue weighted by Gasteiger charge is 2.08. The van der Waals surface area contributed by atoms with Gasteiger partial charge in [-0.2, -0.15) is 10.2 Å². The molecular weight excluding hydrogens is 268 g/mol. The van der Waals surface area contributed by atoms with Gasteiger partial charge in [-0.05, 0) is 32.3 Å². The van der Waals surface area contributed by atoms with Crippen molar-refractivity contribution < 1.29 is 0 Å². The second-order valence-electron chi connectivity index (χ2n) is 5.61. The summed E-state index contributed by atoms with van der Waals surface area (Å²) in [5.41, 5.74) is 0. The van der Waals surface area contributed by atoms with Crippen LogP contribution in [0.4, 0.5) is 0 Å². The van der Waals surface area contributed by atoms with Crippen molar-refractivity contribution in [2.75, 3.05) is 0 Å². The minimum Gasteiger partial charge on any atom is -0.158 e. The van der Waals surface area contributed by atoms with E-state index in [1.807, 2.05) is 12.4 Å². The van der Waals surface area contributed by atoms with Crippen molar-refractivity contribution in [3.8, 4) is 0 Å². The largest absolute Gasteiger partial charge is 0.158 e. The smallest absolute Gasteiger partial charge is 0.0581 e.